The van der Waals surface area contributed by atoms with Crippen LogP contribution >= 0.6 is 0 Å². The minimum atomic E-state index is -1.19. The van der Waals surface area contributed by atoms with E-state index in [9.17, 15) is 4.79 Å². The van der Waals surface area contributed by atoms with E-state index in [0.717, 1.165) is 60.4 Å². The van der Waals surface area contributed by atoms with E-state index in [2.05, 4.69) is 31.0 Å². The lowest BCUT2D eigenvalue weighted by molar-refractivity contribution is -0.123. The van der Waals surface area contributed by atoms with E-state index in [1.165, 1.54) is 0 Å². The molecule has 0 radical (unpaired) electrons. The molecule has 0 bridgehead atoms. The molecule has 1 amide bonds. The molecule has 2 aliphatic rings. The number of carbonyl (C=O) groups is 1. The van der Waals surface area contributed by atoms with Crippen LogP contribution in [0.1, 0.15) is 31.5 Å². The average Bonchev–Trinajstić information content (AvgIpc) is 3.51. The number of pyridine rings is 1. The van der Waals surface area contributed by atoms with Gasteiger partial charge in [0.05, 0.1) is 11.1 Å². The van der Waals surface area contributed by atoms with Gasteiger partial charge in [-0.1, -0.05) is 31.8 Å². The molecule has 9 heteroatoms. The Labute approximate surface area is 214 Å². The molecule has 2 aliphatic heterocycles. The predicted molar refractivity (Wildman–Crippen MR) is 145 cm³/mol. The molecule has 0 saturated carbocycles. The van der Waals surface area contributed by atoms with Crippen LogP contribution in [0.5, 0.6) is 0 Å². The maximum absolute atomic E-state index is 13.2. The first-order valence-electron chi connectivity index (χ1n) is 12.9. The van der Waals surface area contributed by atoms with Gasteiger partial charge < -0.3 is 14.8 Å². The van der Waals surface area contributed by atoms with E-state index in [1.54, 1.807) is 4.90 Å². The summed E-state index contributed by atoms with van der Waals surface area (Å²) in [6, 6.07) is 13.2. The molecule has 3 aromatic rings. The number of aromatic nitrogens is 3. The van der Waals surface area contributed by atoms with Gasteiger partial charge in [-0.3, -0.25) is 9.69 Å². The van der Waals surface area contributed by atoms with Gasteiger partial charge in [0.2, 0.25) is 11.9 Å². The number of hydrogen-bond donors (Lipinski definition) is 1. The maximum atomic E-state index is 13.2. The van der Waals surface area contributed by atoms with E-state index in [-0.39, 0.29) is 12.6 Å². The molecule has 36 heavy (non-hydrogen) atoms. The van der Waals surface area contributed by atoms with E-state index < -0.39 is 13.5 Å². The number of nitrogens with one attached hydrogen (secondary N) is 1. The molecule has 192 valence electrons. The third-order valence-corrected chi connectivity index (χ3v) is 8.88. The zero-order valence-corrected chi connectivity index (χ0v) is 23.0. The molecule has 1 aromatic carbocycles. The molecular formula is C27H37N5O3Si. The summed E-state index contributed by atoms with van der Waals surface area (Å²) in [5.41, 5.74) is 4.09. The molecule has 1 atom stereocenters. The van der Waals surface area contributed by atoms with Crippen LogP contribution in [0, 0.1) is 5.92 Å². The smallest absolute Gasteiger partial charge is 0.247 e. The van der Waals surface area contributed by atoms with Crippen LogP contribution in [0.25, 0.3) is 5.65 Å². The molecular weight excluding hydrogens is 470 g/mol. The number of nitrogens with zero attached hydrogens (tertiary/aromatic N) is 4. The molecule has 0 aliphatic carbocycles. The van der Waals surface area contributed by atoms with Crippen molar-refractivity contribution >= 4 is 37.0 Å². The monoisotopic (exact) mass is 507 g/mol. The van der Waals surface area contributed by atoms with Gasteiger partial charge in [0.25, 0.3) is 0 Å². The normalized spacial score (nSPS) is 19.3. The minimum Gasteiger partial charge on any atom is -0.381 e. The van der Waals surface area contributed by atoms with Crippen molar-refractivity contribution in [2.45, 2.75) is 57.8 Å². The van der Waals surface area contributed by atoms with Gasteiger partial charge in [-0.05, 0) is 68.5 Å². The highest BCUT2D eigenvalue weighted by atomic mass is 28.3. The fourth-order valence-electron chi connectivity index (χ4n) is 4.92. The lowest BCUT2D eigenvalue weighted by atomic mass is 9.86. The number of ether oxygens (including phenoxy) is 2. The molecule has 1 saturated heterocycles. The molecule has 4 heterocycles. The standard InChI is InChI=1S/C27H37N5O3Si/c1-27(2)22-10-9-20(16-23(22)31(25(27)33)18-35-13-14-36(3,4)5)28-26-29-24-8-6-7-21(32(24)30-26)15-19-11-12-34-17-19/h6-10,16,19H,11-15,17-18H2,1-5H3,(H,28,30). The molecule has 0 spiro atoms. The Kier molecular flexibility index (Phi) is 6.65. The summed E-state index contributed by atoms with van der Waals surface area (Å²) < 4.78 is 13.4. The van der Waals surface area contributed by atoms with Crippen molar-refractivity contribution in [3.63, 3.8) is 0 Å². The summed E-state index contributed by atoms with van der Waals surface area (Å²) in [7, 11) is -1.19. The Bertz CT molecular complexity index is 1260. The topological polar surface area (TPSA) is 81.0 Å². The summed E-state index contributed by atoms with van der Waals surface area (Å²) in [5.74, 6) is 1.12. The SMILES string of the molecule is CC1(C)C(=O)N(COCC[Si](C)(C)C)c2cc(Nc3nc4cccc(CC5CCOC5)n4n3)ccc21. The van der Waals surface area contributed by atoms with E-state index >= 15 is 0 Å². The quantitative estimate of drug-likeness (QED) is 0.325. The summed E-state index contributed by atoms with van der Waals surface area (Å²) in [6.07, 6.45) is 2.00. The number of fused-ring (bicyclic) bond motifs is 2. The molecule has 8 nitrogen and oxygen atoms in total. The zero-order valence-electron chi connectivity index (χ0n) is 22.0. The van der Waals surface area contributed by atoms with Crippen molar-refractivity contribution < 1.29 is 14.3 Å². The van der Waals surface area contributed by atoms with Crippen LogP contribution in [0.3, 0.4) is 0 Å². The molecule has 5 rings (SSSR count). The van der Waals surface area contributed by atoms with Crippen molar-refractivity contribution in [1.82, 2.24) is 14.6 Å². The first-order valence-corrected chi connectivity index (χ1v) is 16.6. The Morgan fingerprint density at radius 1 is 1.22 bits per heavy atom. The number of carbonyl (C=O) groups excluding carboxylic acids is 1. The zero-order chi connectivity index (χ0) is 25.5. The second kappa shape index (κ2) is 9.61. The van der Waals surface area contributed by atoms with Crippen molar-refractivity contribution in [2.24, 2.45) is 5.92 Å². The number of rotatable bonds is 9. The molecule has 1 N–H and O–H groups in total. The van der Waals surface area contributed by atoms with Gasteiger partial charge in [0.1, 0.15) is 6.73 Å². The van der Waals surface area contributed by atoms with Crippen molar-refractivity contribution in [1.29, 1.82) is 0 Å². The number of benzene rings is 1. The van der Waals surface area contributed by atoms with Gasteiger partial charge >= 0.3 is 0 Å². The van der Waals surface area contributed by atoms with Crippen LogP contribution in [0.15, 0.2) is 36.4 Å². The van der Waals surface area contributed by atoms with Crippen LogP contribution in [-0.2, 0) is 26.1 Å². The summed E-state index contributed by atoms with van der Waals surface area (Å²) in [5, 5.41) is 8.09. The van der Waals surface area contributed by atoms with Gasteiger partial charge in [-0.25, -0.2) is 4.52 Å². The number of amides is 1. The fourth-order valence-corrected chi connectivity index (χ4v) is 5.68. The van der Waals surface area contributed by atoms with Crippen molar-refractivity contribution in [2.75, 3.05) is 36.8 Å². The van der Waals surface area contributed by atoms with Crippen molar-refractivity contribution in [3.05, 3.63) is 47.7 Å². The number of hydrogen-bond acceptors (Lipinski definition) is 6. The lowest BCUT2D eigenvalue weighted by Gasteiger charge is -2.22. The van der Waals surface area contributed by atoms with Gasteiger partial charge in [-0.2, -0.15) is 4.98 Å². The fraction of sp³-hybridized carbons (Fsp3) is 0.519. The largest absolute Gasteiger partial charge is 0.381 e. The maximum Gasteiger partial charge on any atom is 0.247 e. The number of anilines is 3. The van der Waals surface area contributed by atoms with Gasteiger partial charge in [0.15, 0.2) is 5.65 Å². The van der Waals surface area contributed by atoms with E-state index in [4.69, 9.17) is 19.6 Å². The summed E-state index contributed by atoms with van der Waals surface area (Å²) in [4.78, 5) is 19.7. The molecule has 1 unspecified atom stereocenters. The highest BCUT2D eigenvalue weighted by Gasteiger charge is 2.44. The van der Waals surface area contributed by atoms with E-state index in [1.807, 2.05) is 48.7 Å². The molecule has 1 fully saturated rings. The lowest BCUT2D eigenvalue weighted by Crippen LogP contribution is -2.38. The Hall–Kier alpha value is -2.75. The van der Waals surface area contributed by atoms with E-state index in [0.29, 0.717) is 18.5 Å². The second-order valence-corrected chi connectivity index (χ2v) is 17.3. The van der Waals surface area contributed by atoms with Crippen LogP contribution in [0.4, 0.5) is 17.3 Å². The Morgan fingerprint density at radius 2 is 2.06 bits per heavy atom. The van der Waals surface area contributed by atoms with Gasteiger partial charge in [0, 0.05) is 39.3 Å². The average molecular weight is 508 g/mol. The summed E-state index contributed by atoms with van der Waals surface area (Å²) >= 11 is 0. The first kappa shape index (κ1) is 24.9. The van der Waals surface area contributed by atoms with Crippen LogP contribution < -0.4 is 10.2 Å². The Morgan fingerprint density at radius 3 is 2.81 bits per heavy atom. The van der Waals surface area contributed by atoms with Crippen LogP contribution in [0.2, 0.25) is 25.7 Å². The first-order chi connectivity index (χ1) is 17.1. The second-order valence-electron chi connectivity index (χ2n) is 11.7. The Balaban J connectivity index is 1.35. The highest BCUT2D eigenvalue weighted by molar-refractivity contribution is 6.76. The minimum absolute atomic E-state index is 0.0639. The highest BCUT2D eigenvalue weighted by Crippen LogP contribution is 2.43. The third-order valence-electron chi connectivity index (χ3n) is 7.17. The van der Waals surface area contributed by atoms with Crippen molar-refractivity contribution in [3.8, 4) is 0 Å². The third kappa shape index (κ3) is 5.05. The predicted octanol–water partition coefficient (Wildman–Crippen LogP) is 4.99. The summed E-state index contributed by atoms with van der Waals surface area (Å²) in [6.45, 7) is 13.5. The van der Waals surface area contributed by atoms with Crippen LogP contribution in [-0.4, -0.2) is 55.1 Å². The molecule has 2 aromatic heterocycles. The van der Waals surface area contributed by atoms with Gasteiger partial charge in [-0.15, -0.1) is 5.10 Å².